The molecule has 2 atom stereocenters. The van der Waals surface area contributed by atoms with Crippen LogP contribution in [0, 0.1) is 10.8 Å². The summed E-state index contributed by atoms with van der Waals surface area (Å²) in [6.07, 6.45) is 2.39. The minimum absolute atomic E-state index is 0.272. The molecular weight excluding hydrogens is 266 g/mol. The molecule has 0 amide bonds. The van der Waals surface area contributed by atoms with E-state index in [1.807, 2.05) is 0 Å². The lowest BCUT2D eigenvalue weighted by atomic mass is 9.68. The average Bonchev–Trinajstić information content (AvgIpc) is 2.40. The van der Waals surface area contributed by atoms with Crippen LogP contribution >= 0.6 is 0 Å². The highest BCUT2D eigenvalue weighted by molar-refractivity contribution is 5.34. The molecule has 22 heavy (non-hydrogen) atoms. The van der Waals surface area contributed by atoms with Crippen LogP contribution < -0.4 is 5.32 Å². The molecule has 0 bridgehead atoms. The maximum atomic E-state index is 3.66. The third-order valence-corrected chi connectivity index (χ3v) is 4.40. The third-order valence-electron chi connectivity index (χ3n) is 4.40. The summed E-state index contributed by atoms with van der Waals surface area (Å²) in [4.78, 5) is 0. The summed E-state index contributed by atoms with van der Waals surface area (Å²) >= 11 is 0. The zero-order valence-electron chi connectivity index (χ0n) is 16.1. The van der Waals surface area contributed by atoms with Gasteiger partial charge in [0.1, 0.15) is 0 Å². The van der Waals surface area contributed by atoms with Gasteiger partial charge in [0.15, 0.2) is 0 Å². The highest BCUT2D eigenvalue weighted by Crippen LogP contribution is 2.44. The standard InChI is InChI=1S/C21H37N/c1-9-14-22-16(2)17-12-10-11-13-18(17)19(21(6,7)8)15-20(3,4)5/h10-13,16,19,22H,9,14-15H2,1-8H3. The summed E-state index contributed by atoms with van der Waals surface area (Å²) in [5, 5.41) is 3.66. The van der Waals surface area contributed by atoms with Crippen LogP contribution in [-0.4, -0.2) is 6.54 Å². The van der Waals surface area contributed by atoms with Gasteiger partial charge in [0.25, 0.3) is 0 Å². The fourth-order valence-corrected chi connectivity index (χ4v) is 3.19. The Bertz CT molecular complexity index is 448. The summed E-state index contributed by atoms with van der Waals surface area (Å²) in [7, 11) is 0. The van der Waals surface area contributed by atoms with Gasteiger partial charge in [-0.25, -0.2) is 0 Å². The van der Waals surface area contributed by atoms with E-state index in [-0.39, 0.29) is 5.41 Å². The van der Waals surface area contributed by atoms with Crippen molar-refractivity contribution in [2.75, 3.05) is 6.54 Å². The van der Waals surface area contributed by atoms with E-state index in [1.54, 1.807) is 0 Å². The molecule has 0 saturated heterocycles. The molecule has 1 aromatic carbocycles. The van der Waals surface area contributed by atoms with Crippen molar-refractivity contribution in [2.45, 2.75) is 80.2 Å². The van der Waals surface area contributed by atoms with Gasteiger partial charge in [-0.3, -0.25) is 0 Å². The van der Waals surface area contributed by atoms with Crippen LogP contribution in [0.15, 0.2) is 24.3 Å². The Kier molecular flexibility index (Phi) is 6.67. The van der Waals surface area contributed by atoms with Gasteiger partial charge in [0.2, 0.25) is 0 Å². The van der Waals surface area contributed by atoms with E-state index >= 15 is 0 Å². The Morgan fingerprint density at radius 1 is 0.955 bits per heavy atom. The number of benzene rings is 1. The first kappa shape index (κ1) is 19.2. The largest absolute Gasteiger partial charge is 0.310 e. The van der Waals surface area contributed by atoms with Crippen molar-refractivity contribution in [3.05, 3.63) is 35.4 Å². The smallest absolute Gasteiger partial charge is 0.0294 e. The highest BCUT2D eigenvalue weighted by atomic mass is 14.9. The molecule has 0 fully saturated rings. The number of rotatable bonds is 6. The second-order valence-corrected chi connectivity index (χ2v) is 8.99. The Hall–Kier alpha value is -0.820. The van der Waals surface area contributed by atoms with Crippen molar-refractivity contribution in [1.29, 1.82) is 0 Å². The van der Waals surface area contributed by atoms with E-state index in [0.29, 0.717) is 17.4 Å². The first-order valence-corrected chi connectivity index (χ1v) is 8.88. The number of hydrogen-bond donors (Lipinski definition) is 1. The van der Waals surface area contributed by atoms with Gasteiger partial charge in [0.05, 0.1) is 0 Å². The van der Waals surface area contributed by atoms with Gasteiger partial charge in [0, 0.05) is 6.04 Å². The minimum atomic E-state index is 0.272. The molecule has 0 heterocycles. The molecule has 0 spiro atoms. The molecule has 0 aliphatic carbocycles. The van der Waals surface area contributed by atoms with Gasteiger partial charge >= 0.3 is 0 Å². The minimum Gasteiger partial charge on any atom is -0.310 e. The predicted molar refractivity (Wildman–Crippen MR) is 99.4 cm³/mol. The Balaban J connectivity index is 3.19. The predicted octanol–water partition coefficient (Wildman–Crippen LogP) is 6.31. The summed E-state index contributed by atoms with van der Waals surface area (Å²) < 4.78 is 0. The van der Waals surface area contributed by atoms with Crippen LogP contribution in [-0.2, 0) is 0 Å². The van der Waals surface area contributed by atoms with E-state index in [4.69, 9.17) is 0 Å². The van der Waals surface area contributed by atoms with Crippen molar-refractivity contribution in [3.63, 3.8) is 0 Å². The molecule has 1 N–H and O–H groups in total. The molecular formula is C21H37N. The molecule has 0 aromatic heterocycles. The number of nitrogens with one attached hydrogen (secondary N) is 1. The van der Waals surface area contributed by atoms with Crippen LogP contribution in [0.1, 0.15) is 91.3 Å². The zero-order valence-corrected chi connectivity index (χ0v) is 16.1. The maximum absolute atomic E-state index is 3.66. The fourth-order valence-electron chi connectivity index (χ4n) is 3.19. The van der Waals surface area contributed by atoms with Crippen molar-refractivity contribution in [2.24, 2.45) is 10.8 Å². The van der Waals surface area contributed by atoms with Gasteiger partial charge in [-0.05, 0) is 54.2 Å². The molecule has 1 aromatic rings. The molecule has 126 valence electrons. The summed E-state index contributed by atoms with van der Waals surface area (Å²) in [5.41, 5.74) is 3.61. The van der Waals surface area contributed by atoms with E-state index in [2.05, 4.69) is 85.0 Å². The van der Waals surface area contributed by atoms with Gasteiger partial charge < -0.3 is 5.32 Å². The van der Waals surface area contributed by atoms with Crippen molar-refractivity contribution >= 4 is 0 Å². The SMILES string of the molecule is CCCNC(C)c1ccccc1C(CC(C)(C)C)C(C)(C)C. The second kappa shape index (κ2) is 7.64. The van der Waals surface area contributed by atoms with Crippen molar-refractivity contribution in [1.82, 2.24) is 5.32 Å². The van der Waals surface area contributed by atoms with Gasteiger partial charge in [-0.2, -0.15) is 0 Å². The first-order valence-electron chi connectivity index (χ1n) is 8.88. The topological polar surface area (TPSA) is 12.0 Å². The average molecular weight is 304 g/mol. The lowest BCUT2D eigenvalue weighted by molar-refractivity contribution is 0.227. The molecule has 1 nitrogen and oxygen atoms in total. The third kappa shape index (κ3) is 5.76. The summed E-state index contributed by atoms with van der Waals surface area (Å²) in [6, 6.07) is 9.46. The normalized spacial score (nSPS) is 15.6. The molecule has 1 heteroatoms. The Morgan fingerprint density at radius 3 is 1.95 bits per heavy atom. The molecule has 0 saturated carbocycles. The quantitative estimate of drug-likeness (QED) is 0.649. The van der Waals surface area contributed by atoms with Crippen LogP contribution in [0.5, 0.6) is 0 Å². The van der Waals surface area contributed by atoms with Gasteiger partial charge in [-0.1, -0.05) is 72.7 Å². The molecule has 0 aliphatic rings. The molecule has 1 rings (SSSR count). The molecule has 0 radical (unpaired) electrons. The molecule has 2 unspecified atom stereocenters. The van der Waals surface area contributed by atoms with E-state index in [9.17, 15) is 0 Å². The fraction of sp³-hybridized carbons (Fsp3) is 0.714. The maximum Gasteiger partial charge on any atom is 0.0294 e. The van der Waals surface area contributed by atoms with Crippen molar-refractivity contribution in [3.8, 4) is 0 Å². The van der Waals surface area contributed by atoms with Crippen LogP contribution in [0.25, 0.3) is 0 Å². The Labute approximate surface area is 138 Å². The van der Waals surface area contributed by atoms with Crippen molar-refractivity contribution < 1.29 is 0 Å². The monoisotopic (exact) mass is 303 g/mol. The van der Waals surface area contributed by atoms with Gasteiger partial charge in [-0.15, -0.1) is 0 Å². The lowest BCUT2D eigenvalue weighted by Crippen LogP contribution is -2.27. The highest BCUT2D eigenvalue weighted by Gasteiger charge is 2.32. The van der Waals surface area contributed by atoms with Crippen LogP contribution in [0.4, 0.5) is 0 Å². The van der Waals surface area contributed by atoms with Crippen LogP contribution in [0.3, 0.4) is 0 Å². The lowest BCUT2D eigenvalue weighted by Gasteiger charge is -2.38. The summed E-state index contributed by atoms with van der Waals surface area (Å²) in [5.74, 6) is 0.578. The second-order valence-electron chi connectivity index (χ2n) is 8.99. The van der Waals surface area contributed by atoms with E-state index < -0.39 is 0 Å². The van der Waals surface area contributed by atoms with E-state index in [1.165, 1.54) is 24.0 Å². The Morgan fingerprint density at radius 2 is 1.50 bits per heavy atom. The van der Waals surface area contributed by atoms with Crippen LogP contribution in [0.2, 0.25) is 0 Å². The summed E-state index contributed by atoms with van der Waals surface area (Å²) in [6.45, 7) is 19.8. The van der Waals surface area contributed by atoms with E-state index in [0.717, 1.165) is 6.54 Å². The zero-order chi connectivity index (χ0) is 17.0. The number of hydrogen-bond acceptors (Lipinski definition) is 1. The first-order chi connectivity index (χ1) is 10.1. The molecule has 0 aliphatic heterocycles.